The molecular formula is C13H9F4N3O. The fraction of sp³-hybridized carbons (Fsp3) is 0.0769. The van der Waals surface area contributed by atoms with E-state index in [9.17, 15) is 22.4 Å². The molecule has 2 aromatic rings. The zero-order valence-electron chi connectivity index (χ0n) is 10.4. The number of anilines is 2. The standard InChI is InChI=1S/C13H9F4N3O/c14-11-7(2-1-3-8(11)13(15,16)17)12(21)20-10-4-5-19-6-9(10)18/h1-6H,18H2,(H,19,20,21). The maximum Gasteiger partial charge on any atom is 0.419 e. The van der Waals surface area contributed by atoms with E-state index in [1.165, 1.54) is 18.5 Å². The first-order valence-corrected chi connectivity index (χ1v) is 5.67. The van der Waals surface area contributed by atoms with E-state index in [1.807, 2.05) is 0 Å². The second-order valence-corrected chi connectivity index (χ2v) is 4.08. The van der Waals surface area contributed by atoms with Crippen molar-refractivity contribution in [2.45, 2.75) is 6.18 Å². The molecule has 2 rings (SSSR count). The van der Waals surface area contributed by atoms with Crippen LogP contribution >= 0.6 is 0 Å². The number of pyridine rings is 1. The summed E-state index contributed by atoms with van der Waals surface area (Å²) >= 11 is 0. The number of hydrogen-bond acceptors (Lipinski definition) is 3. The summed E-state index contributed by atoms with van der Waals surface area (Å²) < 4.78 is 51.5. The molecule has 4 nitrogen and oxygen atoms in total. The van der Waals surface area contributed by atoms with E-state index in [-0.39, 0.29) is 11.4 Å². The SMILES string of the molecule is Nc1cnccc1NC(=O)c1cccc(C(F)(F)F)c1F. The number of benzene rings is 1. The lowest BCUT2D eigenvalue weighted by Gasteiger charge is -2.12. The number of amides is 1. The van der Waals surface area contributed by atoms with Crippen molar-refractivity contribution in [3.63, 3.8) is 0 Å². The first-order valence-electron chi connectivity index (χ1n) is 5.67. The van der Waals surface area contributed by atoms with Crippen LogP contribution in [0.4, 0.5) is 28.9 Å². The molecule has 0 bridgehead atoms. The van der Waals surface area contributed by atoms with Gasteiger partial charge in [0, 0.05) is 6.20 Å². The third-order valence-electron chi connectivity index (χ3n) is 2.65. The van der Waals surface area contributed by atoms with Gasteiger partial charge in [0.05, 0.1) is 28.7 Å². The maximum absolute atomic E-state index is 13.8. The number of nitrogens with one attached hydrogen (secondary N) is 1. The van der Waals surface area contributed by atoms with Crippen LogP contribution in [0.3, 0.4) is 0 Å². The van der Waals surface area contributed by atoms with Gasteiger partial charge < -0.3 is 11.1 Å². The van der Waals surface area contributed by atoms with Crippen molar-refractivity contribution in [1.82, 2.24) is 4.98 Å². The Bertz CT molecular complexity index is 685. The highest BCUT2D eigenvalue weighted by Gasteiger charge is 2.35. The van der Waals surface area contributed by atoms with Crippen molar-refractivity contribution in [3.8, 4) is 0 Å². The highest BCUT2D eigenvalue weighted by molar-refractivity contribution is 6.05. The molecule has 1 aromatic heterocycles. The number of alkyl halides is 3. The van der Waals surface area contributed by atoms with Gasteiger partial charge in [0.25, 0.3) is 5.91 Å². The summed E-state index contributed by atoms with van der Waals surface area (Å²) in [7, 11) is 0. The van der Waals surface area contributed by atoms with Crippen LogP contribution < -0.4 is 11.1 Å². The summed E-state index contributed by atoms with van der Waals surface area (Å²) in [5.74, 6) is -2.66. The molecule has 0 saturated carbocycles. The minimum absolute atomic E-state index is 0.109. The second-order valence-electron chi connectivity index (χ2n) is 4.08. The number of hydrogen-bond donors (Lipinski definition) is 2. The van der Waals surface area contributed by atoms with Gasteiger partial charge >= 0.3 is 6.18 Å². The fourth-order valence-electron chi connectivity index (χ4n) is 1.64. The lowest BCUT2D eigenvalue weighted by molar-refractivity contribution is -0.140. The predicted molar refractivity (Wildman–Crippen MR) is 68.0 cm³/mol. The Morgan fingerprint density at radius 3 is 2.57 bits per heavy atom. The van der Waals surface area contributed by atoms with Gasteiger partial charge in [-0.25, -0.2) is 4.39 Å². The van der Waals surface area contributed by atoms with Crippen LogP contribution in [0.2, 0.25) is 0 Å². The Balaban J connectivity index is 2.35. The smallest absolute Gasteiger partial charge is 0.396 e. The molecule has 3 N–H and O–H groups in total. The average molecular weight is 299 g/mol. The van der Waals surface area contributed by atoms with Gasteiger partial charge in [-0.3, -0.25) is 9.78 Å². The molecule has 0 radical (unpaired) electrons. The first-order chi connectivity index (χ1) is 9.80. The van der Waals surface area contributed by atoms with E-state index in [0.29, 0.717) is 6.07 Å². The van der Waals surface area contributed by atoms with Gasteiger partial charge in [-0.1, -0.05) is 6.07 Å². The molecule has 110 valence electrons. The number of carbonyl (C=O) groups is 1. The zero-order valence-corrected chi connectivity index (χ0v) is 10.4. The minimum atomic E-state index is -4.88. The van der Waals surface area contributed by atoms with Crippen molar-refractivity contribution in [1.29, 1.82) is 0 Å². The summed E-state index contributed by atoms with van der Waals surface area (Å²) in [6, 6.07) is 3.82. The monoisotopic (exact) mass is 299 g/mol. The van der Waals surface area contributed by atoms with Crippen LogP contribution in [0, 0.1) is 5.82 Å². The molecule has 1 amide bonds. The molecule has 0 unspecified atom stereocenters. The summed E-state index contributed by atoms with van der Waals surface area (Å²) in [4.78, 5) is 15.6. The molecule has 1 aromatic carbocycles. The van der Waals surface area contributed by atoms with Gasteiger partial charge in [0.1, 0.15) is 5.82 Å². The van der Waals surface area contributed by atoms with E-state index in [4.69, 9.17) is 5.73 Å². The number of carbonyl (C=O) groups excluding carboxylic acids is 1. The quantitative estimate of drug-likeness (QED) is 0.837. The van der Waals surface area contributed by atoms with E-state index >= 15 is 0 Å². The Morgan fingerprint density at radius 1 is 1.24 bits per heavy atom. The number of nitrogen functional groups attached to an aromatic ring is 1. The Labute approximate surface area is 116 Å². The van der Waals surface area contributed by atoms with Crippen LogP contribution in [0.5, 0.6) is 0 Å². The third kappa shape index (κ3) is 3.10. The molecule has 21 heavy (non-hydrogen) atoms. The largest absolute Gasteiger partial charge is 0.419 e. The van der Waals surface area contributed by atoms with E-state index in [1.54, 1.807) is 0 Å². The van der Waals surface area contributed by atoms with Crippen LogP contribution in [0.15, 0.2) is 36.7 Å². The molecular weight excluding hydrogens is 290 g/mol. The van der Waals surface area contributed by atoms with Gasteiger partial charge in [-0.05, 0) is 18.2 Å². The van der Waals surface area contributed by atoms with Gasteiger partial charge in [0.2, 0.25) is 0 Å². The van der Waals surface area contributed by atoms with E-state index < -0.39 is 29.0 Å². The summed E-state index contributed by atoms with van der Waals surface area (Å²) in [5, 5.41) is 2.23. The van der Waals surface area contributed by atoms with Crippen LogP contribution in [-0.4, -0.2) is 10.9 Å². The van der Waals surface area contributed by atoms with E-state index in [2.05, 4.69) is 10.3 Å². The van der Waals surface area contributed by atoms with Crippen molar-refractivity contribution in [2.24, 2.45) is 0 Å². The first kappa shape index (κ1) is 14.8. The maximum atomic E-state index is 13.8. The lowest BCUT2D eigenvalue weighted by atomic mass is 10.1. The average Bonchev–Trinajstić information content (AvgIpc) is 2.40. The van der Waals surface area contributed by atoms with Gasteiger partial charge in [-0.15, -0.1) is 0 Å². The van der Waals surface area contributed by atoms with Crippen molar-refractivity contribution in [3.05, 3.63) is 53.6 Å². The Hall–Kier alpha value is -2.64. The second kappa shape index (κ2) is 5.39. The molecule has 1 heterocycles. The van der Waals surface area contributed by atoms with Crippen molar-refractivity contribution < 1.29 is 22.4 Å². The predicted octanol–water partition coefficient (Wildman–Crippen LogP) is 3.07. The number of nitrogens with two attached hydrogens (primary N) is 1. The topological polar surface area (TPSA) is 68.0 Å². The van der Waals surface area contributed by atoms with Crippen molar-refractivity contribution in [2.75, 3.05) is 11.1 Å². The van der Waals surface area contributed by atoms with E-state index in [0.717, 1.165) is 12.1 Å². The summed E-state index contributed by atoms with van der Waals surface area (Å²) in [6.45, 7) is 0. The zero-order chi connectivity index (χ0) is 15.6. The number of halogens is 4. The van der Waals surface area contributed by atoms with Gasteiger partial charge in [0.15, 0.2) is 0 Å². The highest BCUT2D eigenvalue weighted by atomic mass is 19.4. The number of nitrogens with zero attached hydrogens (tertiary/aromatic N) is 1. The van der Waals surface area contributed by atoms with Gasteiger partial charge in [-0.2, -0.15) is 13.2 Å². The Kier molecular flexibility index (Phi) is 3.79. The molecule has 8 heteroatoms. The molecule has 0 saturated heterocycles. The molecule has 0 fully saturated rings. The minimum Gasteiger partial charge on any atom is -0.396 e. The fourth-order valence-corrected chi connectivity index (χ4v) is 1.64. The van der Waals surface area contributed by atoms with Crippen molar-refractivity contribution >= 4 is 17.3 Å². The lowest BCUT2D eigenvalue weighted by Crippen LogP contribution is -2.18. The highest BCUT2D eigenvalue weighted by Crippen LogP contribution is 2.32. The summed E-state index contributed by atoms with van der Waals surface area (Å²) in [5.41, 5.74) is 3.55. The van der Waals surface area contributed by atoms with Crippen LogP contribution in [0.25, 0.3) is 0 Å². The Morgan fingerprint density at radius 2 is 1.95 bits per heavy atom. The number of rotatable bonds is 2. The molecule has 0 aliphatic carbocycles. The van der Waals surface area contributed by atoms with Crippen LogP contribution in [-0.2, 0) is 6.18 Å². The summed E-state index contributed by atoms with van der Waals surface area (Å²) in [6.07, 6.45) is -2.30. The molecule has 0 spiro atoms. The third-order valence-corrected chi connectivity index (χ3v) is 2.65. The molecule has 0 aliphatic rings. The normalized spacial score (nSPS) is 11.2. The molecule has 0 aliphatic heterocycles. The van der Waals surface area contributed by atoms with Crippen LogP contribution in [0.1, 0.15) is 15.9 Å². The molecule has 0 atom stereocenters. The number of aromatic nitrogens is 1.